The lowest BCUT2D eigenvalue weighted by molar-refractivity contribution is -0.137. The molecule has 1 saturated carbocycles. The maximum Gasteiger partial charge on any atom is 0.304 e. The molecule has 1 aliphatic carbocycles. The van der Waals surface area contributed by atoms with Gasteiger partial charge in [0.1, 0.15) is 0 Å². The molecule has 16 heavy (non-hydrogen) atoms. The third kappa shape index (κ3) is 4.12. The number of carboxylic acid groups (broad SMARTS) is 1. The summed E-state index contributed by atoms with van der Waals surface area (Å²) in [6.45, 7) is 7.22. The fourth-order valence-corrected chi connectivity index (χ4v) is 2.56. The van der Waals surface area contributed by atoms with Gasteiger partial charge in [-0.05, 0) is 33.1 Å². The molecule has 0 aromatic heterocycles. The van der Waals surface area contributed by atoms with E-state index in [4.69, 9.17) is 5.11 Å². The van der Waals surface area contributed by atoms with E-state index in [1.165, 1.54) is 25.7 Å². The SMILES string of the molecule is CC(C)N(CCC(=O)O)C(C)CC1CCC1. The molecular weight excluding hydrogens is 202 g/mol. The van der Waals surface area contributed by atoms with Gasteiger partial charge in [0.05, 0.1) is 6.42 Å². The van der Waals surface area contributed by atoms with Gasteiger partial charge in [0.15, 0.2) is 0 Å². The van der Waals surface area contributed by atoms with E-state index in [9.17, 15) is 4.79 Å². The van der Waals surface area contributed by atoms with E-state index < -0.39 is 5.97 Å². The molecule has 3 heteroatoms. The molecule has 0 spiro atoms. The Labute approximate surface area is 98.8 Å². The van der Waals surface area contributed by atoms with Crippen LogP contribution in [0.4, 0.5) is 0 Å². The van der Waals surface area contributed by atoms with Gasteiger partial charge in [0, 0.05) is 18.6 Å². The van der Waals surface area contributed by atoms with Crippen LogP contribution < -0.4 is 0 Å². The number of carbonyl (C=O) groups is 1. The van der Waals surface area contributed by atoms with Gasteiger partial charge in [0.2, 0.25) is 0 Å². The van der Waals surface area contributed by atoms with Gasteiger partial charge < -0.3 is 5.11 Å². The Morgan fingerprint density at radius 1 is 1.38 bits per heavy atom. The zero-order valence-corrected chi connectivity index (χ0v) is 10.8. The molecule has 0 radical (unpaired) electrons. The fraction of sp³-hybridized carbons (Fsp3) is 0.923. The van der Waals surface area contributed by atoms with Crippen molar-refractivity contribution in [1.29, 1.82) is 0 Å². The Morgan fingerprint density at radius 3 is 2.38 bits per heavy atom. The maximum absolute atomic E-state index is 10.6. The molecule has 1 N–H and O–H groups in total. The lowest BCUT2D eigenvalue weighted by atomic mass is 9.81. The van der Waals surface area contributed by atoms with Gasteiger partial charge in [-0.15, -0.1) is 0 Å². The molecule has 1 unspecified atom stereocenters. The van der Waals surface area contributed by atoms with Gasteiger partial charge in [-0.3, -0.25) is 9.69 Å². The molecule has 3 nitrogen and oxygen atoms in total. The van der Waals surface area contributed by atoms with Crippen molar-refractivity contribution < 1.29 is 9.90 Å². The maximum atomic E-state index is 10.6. The second kappa shape index (κ2) is 6.24. The molecule has 1 fully saturated rings. The van der Waals surface area contributed by atoms with Crippen LogP contribution in [0.15, 0.2) is 0 Å². The summed E-state index contributed by atoms with van der Waals surface area (Å²) in [7, 11) is 0. The van der Waals surface area contributed by atoms with Crippen LogP contribution in [-0.4, -0.2) is 34.6 Å². The smallest absolute Gasteiger partial charge is 0.304 e. The van der Waals surface area contributed by atoms with Crippen molar-refractivity contribution in [3.63, 3.8) is 0 Å². The zero-order chi connectivity index (χ0) is 12.1. The van der Waals surface area contributed by atoms with E-state index in [-0.39, 0.29) is 6.42 Å². The van der Waals surface area contributed by atoms with Crippen molar-refractivity contribution in [1.82, 2.24) is 4.90 Å². The normalized spacial score (nSPS) is 18.8. The topological polar surface area (TPSA) is 40.5 Å². The average molecular weight is 227 g/mol. The van der Waals surface area contributed by atoms with Crippen molar-refractivity contribution in [3.05, 3.63) is 0 Å². The van der Waals surface area contributed by atoms with E-state index in [0.29, 0.717) is 18.6 Å². The van der Waals surface area contributed by atoms with E-state index in [1.54, 1.807) is 0 Å². The summed E-state index contributed by atoms with van der Waals surface area (Å²) < 4.78 is 0. The van der Waals surface area contributed by atoms with Crippen LogP contribution in [0.5, 0.6) is 0 Å². The molecular formula is C13H25NO2. The molecule has 0 amide bonds. The quantitative estimate of drug-likeness (QED) is 0.727. The molecule has 0 aromatic carbocycles. The first kappa shape index (κ1) is 13.5. The van der Waals surface area contributed by atoms with Gasteiger partial charge >= 0.3 is 5.97 Å². The third-order valence-electron chi connectivity index (χ3n) is 3.71. The molecule has 1 aliphatic rings. The first-order valence-corrected chi connectivity index (χ1v) is 6.48. The van der Waals surface area contributed by atoms with Crippen LogP contribution in [0.25, 0.3) is 0 Å². The van der Waals surface area contributed by atoms with Crippen LogP contribution >= 0.6 is 0 Å². The van der Waals surface area contributed by atoms with Crippen molar-refractivity contribution in [2.75, 3.05) is 6.54 Å². The zero-order valence-electron chi connectivity index (χ0n) is 10.8. The van der Waals surface area contributed by atoms with Gasteiger partial charge in [-0.25, -0.2) is 0 Å². The van der Waals surface area contributed by atoms with Crippen molar-refractivity contribution in [2.24, 2.45) is 5.92 Å². The number of hydrogen-bond donors (Lipinski definition) is 1. The highest BCUT2D eigenvalue weighted by molar-refractivity contribution is 5.66. The van der Waals surface area contributed by atoms with Crippen LogP contribution in [0.1, 0.15) is 52.9 Å². The summed E-state index contributed by atoms with van der Waals surface area (Å²) in [6.07, 6.45) is 5.61. The number of hydrogen-bond acceptors (Lipinski definition) is 2. The summed E-state index contributed by atoms with van der Waals surface area (Å²) in [4.78, 5) is 12.9. The highest BCUT2D eigenvalue weighted by Gasteiger charge is 2.24. The van der Waals surface area contributed by atoms with Crippen molar-refractivity contribution in [3.8, 4) is 0 Å². The Hall–Kier alpha value is -0.570. The molecule has 94 valence electrons. The molecule has 0 aromatic rings. The summed E-state index contributed by atoms with van der Waals surface area (Å²) in [6, 6.07) is 0.957. The molecule has 1 rings (SSSR count). The molecule has 0 bridgehead atoms. The van der Waals surface area contributed by atoms with Gasteiger partial charge in [-0.2, -0.15) is 0 Å². The number of aliphatic carboxylic acids is 1. The number of rotatable bonds is 7. The van der Waals surface area contributed by atoms with Crippen LogP contribution in [-0.2, 0) is 4.79 Å². The Kier molecular flexibility index (Phi) is 5.26. The Balaban J connectivity index is 2.37. The second-order valence-corrected chi connectivity index (χ2v) is 5.36. The first-order valence-electron chi connectivity index (χ1n) is 6.48. The predicted molar refractivity (Wildman–Crippen MR) is 65.5 cm³/mol. The van der Waals surface area contributed by atoms with Crippen molar-refractivity contribution >= 4 is 5.97 Å². The van der Waals surface area contributed by atoms with Crippen LogP contribution in [0.3, 0.4) is 0 Å². The summed E-state index contributed by atoms with van der Waals surface area (Å²) in [5.74, 6) is 0.197. The number of nitrogens with zero attached hydrogens (tertiary/aromatic N) is 1. The van der Waals surface area contributed by atoms with E-state index >= 15 is 0 Å². The van der Waals surface area contributed by atoms with E-state index in [0.717, 1.165) is 5.92 Å². The lowest BCUT2D eigenvalue weighted by Crippen LogP contribution is -2.41. The predicted octanol–water partition coefficient (Wildman–Crippen LogP) is 2.75. The summed E-state index contributed by atoms with van der Waals surface area (Å²) >= 11 is 0. The largest absolute Gasteiger partial charge is 0.481 e. The fourth-order valence-electron chi connectivity index (χ4n) is 2.56. The molecule has 0 heterocycles. The summed E-state index contributed by atoms with van der Waals surface area (Å²) in [5, 5.41) is 8.74. The van der Waals surface area contributed by atoms with E-state index in [1.807, 2.05) is 0 Å². The minimum atomic E-state index is -0.693. The molecule has 0 saturated heterocycles. The lowest BCUT2D eigenvalue weighted by Gasteiger charge is -2.36. The monoisotopic (exact) mass is 227 g/mol. The Bertz CT molecular complexity index is 224. The van der Waals surface area contributed by atoms with Gasteiger partial charge in [-0.1, -0.05) is 19.3 Å². The number of carboxylic acids is 1. The van der Waals surface area contributed by atoms with E-state index in [2.05, 4.69) is 25.7 Å². The van der Waals surface area contributed by atoms with Gasteiger partial charge in [0.25, 0.3) is 0 Å². The van der Waals surface area contributed by atoms with Crippen LogP contribution in [0, 0.1) is 5.92 Å². The highest BCUT2D eigenvalue weighted by atomic mass is 16.4. The Morgan fingerprint density at radius 2 is 2.00 bits per heavy atom. The van der Waals surface area contributed by atoms with Crippen LogP contribution in [0.2, 0.25) is 0 Å². The minimum Gasteiger partial charge on any atom is -0.481 e. The highest BCUT2D eigenvalue weighted by Crippen LogP contribution is 2.31. The second-order valence-electron chi connectivity index (χ2n) is 5.36. The third-order valence-corrected chi connectivity index (χ3v) is 3.71. The minimum absolute atomic E-state index is 0.257. The van der Waals surface area contributed by atoms with Crippen molar-refractivity contribution in [2.45, 2.75) is 65.0 Å². The first-order chi connectivity index (χ1) is 7.50. The molecule has 0 aliphatic heterocycles. The molecule has 1 atom stereocenters. The standard InChI is InChI=1S/C13H25NO2/c1-10(2)14(8-7-13(15)16)11(3)9-12-5-4-6-12/h10-12H,4-9H2,1-3H3,(H,15,16). The summed E-state index contributed by atoms with van der Waals surface area (Å²) in [5.41, 5.74) is 0. The average Bonchev–Trinajstić information content (AvgIpc) is 2.10.